The molecule has 0 saturated heterocycles. The van der Waals surface area contributed by atoms with Gasteiger partial charge in [-0.2, -0.15) is 0 Å². The standard InChI is InChI=1S/C17H14O3/c1-20-16(17(18)19)14-7-6-13-8-11-4-2-3-5-12(11)9-15(13)10-14/h2-10,16H,1H3,(H,18,19). The lowest BCUT2D eigenvalue weighted by molar-refractivity contribution is -0.148. The van der Waals surface area contributed by atoms with Gasteiger partial charge < -0.3 is 9.84 Å². The number of ether oxygens (including phenoxy) is 1. The molecule has 1 unspecified atom stereocenters. The molecule has 3 rings (SSSR count). The van der Waals surface area contributed by atoms with E-state index in [1.54, 1.807) is 6.07 Å². The molecule has 1 N–H and O–H groups in total. The maximum atomic E-state index is 11.2. The molecule has 0 radical (unpaired) electrons. The lowest BCUT2D eigenvalue weighted by Crippen LogP contribution is -2.13. The van der Waals surface area contributed by atoms with Gasteiger partial charge in [-0.1, -0.05) is 36.4 Å². The van der Waals surface area contributed by atoms with Crippen molar-refractivity contribution in [3.8, 4) is 0 Å². The van der Waals surface area contributed by atoms with Gasteiger partial charge in [-0.3, -0.25) is 0 Å². The van der Waals surface area contributed by atoms with Gasteiger partial charge in [-0.05, 0) is 45.3 Å². The van der Waals surface area contributed by atoms with Crippen LogP contribution in [0.1, 0.15) is 11.7 Å². The summed E-state index contributed by atoms with van der Waals surface area (Å²) < 4.78 is 5.03. The molecule has 0 saturated carbocycles. The number of rotatable bonds is 3. The molecule has 0 aliphatic rings. The van der Waals surface area contributed by atoms with Crippen LogP contribution in [-0.4, -0.2) is 18.2 Å². The Morgan fingerprint density at radius 3 is 2.15 bits per heavy atom. The maximum absolute atomic E-state index is 11.2. The van der Waals surface area contributed by atoms with Crippen LogP contribution in [0.3, 0.4) is 0 Å². The Bertz CT molecular complexity index is 792. The maximum Gasteiger partial charge on any atom is 0.337 e. The van der Waals surface area contributed by atoms with Crippen molar-refractivity contribution < 1.29 is 14.6 Å². The zero-order valence-corrected chi connectivity index (χ0v) is 11.0. The molecule has 0 amide bonds. The van der Waals surface area contributed by atoms with E-state index in [1.807, 2.05) is 30.3 Å². The number of hydrogen-bond donors (Lipinski definition) is 1. The Morgan fingerprint density at radius 2 is 1.55 bits per heavy atom. The molecular weight excluding hydrogens is 252 g/mol. The van der Waals surface area contributed by atoms with Gasteiger partial charge in [0.2, 0.25) is 0 Å². The Balaban J connectivity index is 2.19. The molecule has 3 heteroatoms. The molecule has 0 aromatic heterocycles. The van der Waals surface area contributed by atoms with Gasteiger partial charge in [0.1, 0.15) is 0 Å². The van der Waals surface area contributed by atoms with Crippen LogP contribution in [0.25, 0.3) is 21.5 Å². The highest BCUT2D eigenvalue weighted by Crippen LogP contribution is 2.26. The molecule has 0 heterocycles. The van der Waals surface area contributed by atoms with Gasteiger partial charge in [-0.25, -0.2) is 4.79 Å². The number of carbonyl (C=O) groups is 1. The summed E-state index contributed by atoms with van der Waals surface area (Å²) in [4.78, 5) is 11.2. The third-order valence-corrected chi connectivity index (χ3v) is 3.49. The van der Waals surface area contributed by atoms with Crippen LogP contribution in [0, 0.1) is 0 Å². The average molecular weight is 266 g/mol. The number of hydrogen-bond acceptors (Lipinski definition) is 2. The molecule has 0 aliphatic heterocycles. The highest BCUT2D eigenvalue weighted by molar-refractivity contribution is 5.98. The van der Waals surface area contributed by atoms with E-state index in [2.05, 4.69) is 18.2 Å². The molecule has 3 aromatic rings. The number of aliphatic carboxylic acids is 1. The molecule has 0 aliphatic carbocycles. The summed E-state index contributed by atoms with van der Waals surface area (Å²) in [5.41, 5.74) is 0.655. The van der Waals surface area contributed by atoms with Gasteiger partial charge in [0, 0.05) is 7.11 Å². The molecule has 0 bridgehead atoms. The summed E-state index contributed by atoms with van der Waals surface area (Å²) in [6.07, 6.45) is -0.925. The largest absolute Gasteiger partial charge is 0.479 e. The first kappa shape index (κ1) is 12.6. The van der Waals surface area contributed by atoms with Crippen molar-refractivity contribution >= 4 is 27.5 Å². The van der Waals surface area contributed by atoms with Gasteiger partial charge in [0.05, 0.1) is 0 Å². The summed E-state index contributed by atoms with van der Waals surface area (Å²) >= 11 is 0. The van der Waals surface area contributed by atoms with E-state index in [1.165, 1.54) is 12.5 Å². The fraction of sp³-hybridized carbons (Fsp3) is 0.118. The molecule has 3 nitrogen and oxygen atoms in total. The zero-order chi connectivity index (χ0) is 14.1. The molecule has 3 aromatic carbocycles. The molecule has 20 heavy (non-hydrogen) atoms. The van der Waals surface area contributed by atoms with Crippen LogP contribution in [0.2, 0.25) is 0 Å². The van der Waals surface area contributed by atoms with Crippen LogP contribution in [0.4, 0.5) is 0 Å². The Labute approximate surface area is 116 Å². The van der Waals surface area contributed by atoms with E-state index < -0.39 is 12.1 Å². The molecule has 0 fully saturated rings. The van der Waals surface area contributed by atoms with E-state index in [4.69, 9.17) is 9.84 Å². The molecule has 100 valence electrons. The van der Waals surface area contributed by atoms with Crippen molar-refractivity contribution in [3.63, 3.8) is 0 Å². The summed E-state index contributed by atoms with van der Waals surface area (Å²) in [5, 5.41) is 13.6. The average Bonchev–Trinajstić information content (AvgIpc) is 2.45. The minimum atomic E-state index is -0.979. The van der Waals surface area contributed by atoms with Crippen molar-refractivity contribution in [1.82, 2.24) is 0 Å². The minimum absolute atomic E-state index is 0.655. The third kappa shape index (κ3) is 2.12. The van der Waals surface area contributed by atoms with Crippen LogP contribution >= 0.6 is 0 Å². The van der Waals surface area contributed by atoms with Gasteiger partial charge in [0.25, 0.3) is 0 Å². The normalized spacial score (nSPS) is 12.7. The molecule has 1 atom stereocenters. The second kappa shape index (κ2) is 4.94. The quantitative estimate of drug-likeness (QED) is 0.734. The fourth-order valence-corrected chi connectivity index (χ4v) is 2.50. The summed E-state index contributed by atoms with van der Waals surface area (Å²) in [7, 11) is 1.41. The van der Waals surface area contributed by atoms with Crippen molar-refractivity contribution in [2.75, 3.05) is 7.11 Å². The third-order valence-electron chi connectivity index (χ3n) is 3.49. The lowest BCUT2D eigenvalue weighted by Gasteiger charge is -2.12. The van der Waals surface area contributed by atoms with Crippen molar-refractivity contribution in [2.24, 2.45) is 0 Å². The van der Waals surface area contributed by atoms with Crippen LogP contribution < -0.4 is 0 Å². The van der Waals surface area contributed by atoms with Gasteiger partial charge in [-0.15, -0.1) is 0 Å². The van der Waals surface area contributed by atoms with Crippen LogP contribution in [-0.2, 0) is 9.53 Å². The summed E-state index contributed by atoms with van der Waals surface area (Å²) in [6.45, 7) is 0. The van der Waals surface area contributed by atoms with E-state index in [-0.39, 0.29) is 0 Å². The summed E-state index contributed by atoms with van der Waals surface area (Å²) in [5.74, 6) is -0.979. The highest BCUT2D eigenvalue weighted by atomic mass is 16.5. The summed E-state index contributed by atoms with van der Waals surface area (Å²) in [6, 6.07) is 17.9. The highest BCUT2D eigenvalue weighted by Gasteiger charge is 2.18. The Morgan fingerprint density at radius 1 is 0.950 bits per heavy atom. The Hall–Kier alpha value is -2.39. The second-order valence-corrected chi connectivity index (χ2v) is 4.76. The number of carboxylic acid groups (broad SMARTS) is 1. The predicted octanol–water partition coefficient (Wildman–Crippen LogP) is 3.77. The van der Waals surface area contributed by atoms with Gasteiger partial charge in [0.15, 0.2) is 6.10 Å². The number of benzene rings is 3. The smallest absolute Gasteiger partial charge is 0.337 e. The topological polar surface area (TPSA) is 46.5 Å². The minimum Gasteiger partial charge on any atom is -0.479 e. The van der Waals surface area contributed by atoms with Crippen LogP contribution in [0.5, 0.6) is 0 Å². The monoisotopic (exact) mass is 266 g/mol. The van der Waals surface area contributed by atoms with Crippen LogP contribution in [0.15, 0.2) is 54.6 Å². The van der Waals surface area contributed by atoms with Crippen molar-refractivity contribution in [3.05, 3.63) is 60.2 Å². The number of methoxy groups -OCH3 is 1. The van der Waals surface area contributed by atoms with E-state index >= 15 is 0 Å². The fourth-order valence-electron chi connectivity index (χ4n) is 2.50. The lowest BCUT2D eigenvalue weighted by atomic mass is 10.00. The first-order chi connectivity index (χ1) is 9.69. The van der Waals surface area contributed by atoms with E-state index in [0.29, 0.717) is 5.56 Å². The van der Waals surface area contributed by atoms with E-state index in [0.717, 1.165) is 16.2 Å². The van der Waals surface area contributed by atoms with Crippen molar-refractivity contribution in [1.29, 1.82) is 0 Å². The Kier molecular flexibility index (Phi) is 3.12. The zero-order valence-electron chi connectivity index (χ0n) is 11.0. The van der Waals surface area contributed by atoms with Crippen molar-refractivity contribution in [2.45, 2.75) is 6.10 Å². The first-order valence-electron chi connectivity index (χ1n) is 6.37. The molecule has 0 spiro atoms. The number of carboxylic acids is 1. The predicted molar refractivity (Wildman–Crippen MR) is 78.8 cm³/mol. The van der Waals surface area contributed by atoms with Gasteiger partial charge >= 0.3 is 5.97 Å². The van der Waals surface area contributed by atoms with E-state index in [9.17, 15) is 4.79 Å². The first-order valence-corrected chi connectivity index (χ1v) is 6.37. The molecular formula is C17H14O3. The second-order valence-electron chi connectivity index (χ2n) is 4.76. The SMILES string of the molecule is COC(C(=O)O)c1ccc2cc3ccccc3cc2c1. The number of fused-ring (bicyclic) bond motifs is 2.